The maximum Gasteiger partial charge on any atom is 0.258 e. The van der Waals surface area contributed by atoms with Crippen molar-refractivity contribution in [2.45, 2.75) is 50.0 Å². The van der Waals surface area contributed by atoms with Crippen LogP contribution in [0.25, 0.3) is 22.2 Å². The molecule has 4 atom stereocenters. The molecule has 32 heavy (non-hydrogen) atoms. The summed E-state index contributed by atoms with van der Waals surface area (Å²) in [4.78, 5) is 18.3. The molecule has 0 saturated carbocycles. The average Bonchev–Trinajstić information content (AvgIpc) is 3.11. The number of fused-ring (bicyclic) bond motifs is 3. The summed E-state index contributed by atoms with van der Waals surface area (Å²) in [5, 5.41) is 22.2. The van der Waals surface area contributed by atoms with Crippen LogP contribution in [-0.4, -0.2) is 55.7 Å². The van der Waals surface area contributed by atoms with Crippen molar-refractivity contribution in [2.75, 3.05) is 11.9 Å². The number of hydrogen-bond acceptors (Lipinski definition) is 7. The van der Waals surface area contributed by atoms with Gasteiger partial charge in [-0.2, -0.15) is 0 Å². The van der Waals surface area contributed by atoms with E-state index in [1.807, 2.05) is 0 Å². The zero-order valence-corrected chi connectivity index (χ0v) is 18.0. The second-order valence-electron chi connectivity index (χ2n) is 9.13. The van der Waals surface area contributed by atoms with Crippen LogP contribution in [-0.2, 0) is 7.05 Å². The third kappa shape index (κ3) is 3.21. The fourth-order valence-electron chi connectivity index (χ4n) is 5.01. The summed E-state index contributed by atoms with van der Waals surface area (Å²) >= 11 is 0. The molecule has 10 heteroatoms. The second kappa shape index (κ2) is 7.19. The zero-order chi connectivity index (χ0) is 22.8. The highest BCUT2D eigenvalue weighted by atomic mass is 19.1. The molecule has 3 aromatic rings. The van der Waals surface area contributed by atoms with Crippen molar-refractivity contribution in [1.29, 1.82) is 0 Å². The van der Waals surface area contributed by atoms with E-state index in [0.717, 1.165) is 23.6 Å². The van der Waals surface area contributed by atoms with Crippen LogP contribution in [0.3, 0.4) is 0 Å². The van der Waals surface area contributed by atoms with Gasteiger partial charge in [0.2, 0.25) is 0 Å². The quantitative estimate of drug-likeness (QED) is 0.643. The van der Waals surface area contributed by atoms with Crippen molar-refractivity contribution in [3.8, 4) is 17.1 Å². The Balaban J connectivity index is 1.47. The molecule has 2 saturated heterocycles. The van der Waals surface area contributed by atoms with Crippen molar-refractivity contribution in [1.82, 2.24) is 25.1 Å². The molecular weight excluding hydrogens is 418 g/mol. The van der Waals surface area contributed by atoms with Gasteiger partial charge in [-0.25, -0.2) is 13.8 Å². The van der Waals surface area contributed by atoms with Gasteiger partial charge in [0.15, 0.2) is 11.6 Å². The molecule has 2 aliphatic rings. The average molecular weight is 442 g/mol. The highest BCUT2D eigenvalue weighted by Gasteiger charge is 2.49. The molecule has 4 heterocycles. The molecule has 1 aromatic carbocycles. The van der Waals surface area contributed by atoms with Gasteiger partial charge in [-0.1, -0.05) is 0 Å². The van der Waals surface area contributed by atoms with Gasteiger partial charge in [-0.15, -0.1) is 10.2 Å². The minimum atomic E-state index is -1.04. The first-order valence-corrected chi connectivity index (χ1v) is 10.5. The number of aromatic hydroxyl groups is 1. The van der Waals surface area contributed by atoms with Crippen LogP contribution < -0.4 is 15.8 Å². The molecule has 5 rings (SSSR count). The van der Waals surface area contributed by atoms with Gasteiger partial charge in [0.25, 0.3) is 5.56 Å². The Morgan fingerprint density at radius 1 is 1.31 bits per heavy atom. The number of halogens is 2. The van der Waals surface area contributed by atoms with E-state index in [9.17, 15) is 14.3 Å². The van der Waals surface area contributed by atoms with E-state index in [1.165, 1.54) is 25.4 Å². The first kappa shape index (κ1) is 20.7. The van der Waals surface area contributed by atoms with E-state index in [2.05, 4.69) is 27.4 Å². The summed E-state index contributed by atoms with van der Waals surface area (Å²) in [6.45, 7) is 2.11. The zero-order valence-electron chi connectivity index (χ0n) is 18.0. The van der Waals surface area contributed by atoms with E-state index in [1.54, 1.807) is 11.9 Å². The first-order chi connectivity index (χ1) is 15.2. The fraction of sp³-hybridized carbons (Fsp3) is 0.455. The number of nitrogens with one attached hydrogen (secondary N) is 1. The Morgan fingerprint density at radius 3 is 2.81 bits per heavy atom. The maximum absolute atomic E-state index is 15.0. The third-order valence-corrected chi connectivity index (χ3v) is 6.85. The Bertz CT molecular complexity index is 1260. The van der Waals surface area contributed by atoms with E-state index >= 15 is 4.39 Å². The number of phenols is 1. The number of pyridine rings is 1. The molecule has 0 spiro atoms. The fourth-order valence-corrected chi connectivity index (χ4v) is 5.01. The highest BCUT2D eigenvalue weighted by Crippen LogP contribution is 2.39. The van der Waals surface area contributed by atoms with Crippen LogP contribution in [0.15, 0.2) is 29.3 Å². The molecule has 2 fully saturated rings. The third-order valence-electron chi connectivity index (χ3n) is 6.85. The van der Waals surface area contributed by atoms with Crippen LogP contribution in [0.2, 0.25) is 0 Å². The Kier molecular flexibility index (Phi) is 4.66. The molecule has 168 valence electrons. The van der Waals surface area contributed by atoms with Gasteiger partial charge in [0.05, 0.1) is 23.2 Å². The normalized spacial score (nSPS) is 27.1. The lowest BCUT2D eigenvalue weighted by Crippen LogP contribution is -2.60. The molecule has 8 nitrogen and oxygen atoms in total. The summed E-state index contributed by atoms with van der Waals surface area (Å²) in [5.74, 6) is -0.368. The lowest BCUT2D eigenvalue weighted by molar-refractivity contribution is 0.144. The summed E-state index contributed by atoms with van der Waals surface area (Å²) in [6.07, 6.45) is 3.91. The predicted octanol–water partition coefficient (Wildman–Crippen LogP) is 2.29. The number of rotatable bonds is 3. The number of hydrogen-bond donors (Lipinski definition) is 2. The molecular formula is C22H24F2N6O2. The molecule has 2 aromatic heterocycles. The van der Waals surface area contributed by atoms with E-state index in [0.29, 0.717) is 12.2 Å². The first-order valence-electron chi connectivity index (χ1n) is 10.5. The number of alkyl halides is 1. The number of phenolic OH excluding ortho intramolecular Hbond substituents is 1. The standard InChI is InChI=1S/C22H24F2N6O2/c1-22-5-4-15(26-22)19(24)16(8-22)30(3)18-9-25-20(28-27-18)13-6-11-12(7-17(13)31)21(32)29(2)10-14(11)23/h6-7,9-10,15-16,19,26,31H,4-5,8H2,1-3H3/t15?,16-,19+,22-/m1/s1. The largest absolute Gasteiger partial charge is 0.507 e. The minimum Gasteiger partial charge on any atom is -0.507 e. The van der Waals surface area contributed by atoms with E-state index in [-0.39, 0.29) is 45.5 Å². The van der Waals surface area contributed by atoms with Crippen molar-refractivity contribution in [2.24, 2.45) is 7.05 Å². The number of aryl methyl sites for hydroxylation is 1. The molecule has 2 N–H and O–H groups in total. The van der Waals surface area contributed by atoms with Crippen LogP contribution in [0, 0.1) is 5.82 Å². The van der Waals surface area contributed by atoms with Gasteiger partial charge in [-0.05, 0) is 38.3 Å². The van der Waals surface area contributed by atoms with Crippen LogP contribution in [0.1, 0.15) is 26.2 Å². The topological polar surface area (TPSA) is 96.2 Å². The summed E-state index contributed by atoms with van der Waals surface area (Å²) in [5.41, 5.74) is -0.364. The highest BCUT2D eigenvalue weighted by molar-refractivity contribution is 5.89. The number of piperidine rings is 1. The lowest BCUT2D eigenvalue weighted by Gasteiger charge is -2.43. The number of aromatic nitrogens is 4. The van der Waals surface area contributed by atoms with Crippen LogP contribution >= 0.6 is 0 Å². The Morgan fingerprint density at radius 2 is 2.09 bits per heavy atom. The Labute approximate surface area is 182 Å². The monoisotopic (exact) mass is 442 g/mol. The van der Waals surface area contributed by atoms with Crippen LogP contribution in [0.4, 0.5) is 14.6 Å². The van der Waals surface area contributed by atoms with Crippen molar-refractivity contribution in [3.05, 3.63) is 40.7 Å². The lowest BCUT2D eigenvalue weighted by atomic mass is 9.87. The summed E-state index contributed by atoms with van der Waals surface area (Å²) in [7, 11) is 3.21. The molecule has 0 amide bonds. The molecule has 1 unspecified atom stereocenters. The molecule has 0 aliphatic carbocycles. The number of nitrogens with zero attached hydrogens (tertiary/aromatic N) is 5. The van der Waals surface area contributed by atoms with E-state index < -0.39 is 17.5 Å². The van der Waals surface area contributed by atoms with Gasteiger partial charge < -0.3 is 19.9 Å². The van der Waals surface area contributed by atoms with E-state index in [4.69, 9.17) is 0 Å². The summed E-state index contributed by atoms with van der Waals surface area (Å²) in [6, 6.07) is 2.03. The molecule has 2 aliphatic heterocycles. The number of benzene rings is 1. The number of anilines is 1. The second-order valence-corrected chi connectivity index (χ2v) is 9.13. The van der Waals surface area contributed by atoms with Gasteiger partial charge in [-0.3, -0.25) is 4.79 Å². The molecule has 2 bridgehead atoms. The van der Waals surface area contributed by atoms with Crippen LogP contribution in [0.5, 0.6) is 5.75 Å². The van der Waals surface area contributed by atoms with Crippen molar-refractivity contribution < 1.29 is 13.9 Å². The van der Waals surface area contributed by atoms with Gasteiger partial charge >= 0.3 is 0 Å². The maximum atomic E-state index is 15.0. The Hall–Kier alpha value is -3.14. The SMILES string of the molecule is CN(c1cnc(-c2cc3c(F)cn(C)c(=O)c3cc2O)nn1)[C@@H]1C[C@@]2(C)CCC(N2)[C@@H]1F. The smallest absolute Gasteiger partial charge is 0.258 e. The van der Waals surface area contributed by atoms with Crippen molar-refractivity contribution >= 4 is 16.6 Å². The van der Waals surface area contributed by atoms with Gasteiger partial charge in [0, 0.05) is 37.3 Å². The molecule has 0 radical (unpaired) electrons. The van der Waals surface area contributed by atoms with Crippen molar-refractivity contribution in [3.63, 3.8) is 0 Å². The minimum absolute atomic E-state index is 0.0566. The van der Waals surface area contributed by atoms with Gasteiger partial charge in [0.1, 0.15) is 17.7 Å². The summed E-state index contributed by atoms with van der Waals surface area (Å²) < 4.78 is 30.6. The predicted molar refractivity (Wildman–Crippen MR) is 116 cm³/mol.